The van der Waals surface area contributed by atoms with Crippen molar-refractivity contribution in [1.82, 2.24) is 10.3 Å². The lowest BCUT2D eigenvalue weighted by Crippen LogP contribution is -2.28. The molecule has 1 aromatic heterocycles. The standard InChI is InChI=1S/C12H18N2O4/c1-8(15)13-7-6-10(16)12(17)9-4-3-5-11(14-9)18-2/h3-5,10,12,16-17H,6-7H2,1-2H3,(H,13,15). The van der Waals surface area contributed by atoms with Crippen molar-refractivity contribution in [3.05, 3.63) is 23.9 Å². The molecule has 1 heterocycles. The smallest absolute Gasteiger partial charge is 0.216 e. The third-order valence-electron chi connectivity index (χ3n) is 2.44. The first kappa shape index (κ1) is 14.4. The van der Waals surface area contributed by atoms with E-state index in [9.17, 15) is 15.0 Å². The zero-order valence-corrected chi connectivity index (χ0v) is 10.5. The van der Waals surface area contributed by atoms with Crippen LogP contribution < -0.4 is 10.1 Å². The molecule has 0 aliphatic rings. The summed E-state index contributed by atoms with van der Waals surface area (Å²) in [6.07, 6.45) is -1.84. The number of ether oxygens (including phenoxy) is 1. The molecule has 6 nitrogen and oxygen atoms in total. The van der Waals surface area contributed by atoms with E-state index in [4.69, 9.17) is 4.74 Å². The topological polar surface area (TPSA) is 91.7 Å². The number of carbonyl (C=O) groups excluding carboxylic acids is 1. The Balaban J connectivity index is 2.56. The Morgan fingerprint density at radius 1 is 1.50 bits per heavy atom. The number of pyridine rings is 1. The fraction of sp³-hybridized carbons (Fsp3) is 0.500. The van der Waals surface area contributed by atoms with Crippen LogP contribution in [0.5, 0.6) is 5.88 Å². The van der Waals surface area contributed by atoms with Crippen molar-refractivity contribution in [1.29, 1.82) is 0 Å². The SMILES string of the molecule is COc1cccc(C(O)C(O)CCNC(C)=O)n1. The minimum atomic E-state index is -1.10. The Morgan fingerprint density at radius 3 is 2.83 bits per heavy atom. The van der Waals surface area contributed by atoms with E-state index in [2.05, 4.69) is 10.3 Å². The lowest BCUT2D eigenvalue weighted by atomic mass is 10.1. The van der Waals surface area contributed by atoms with Gasteiger partial charge in [-0.25, -0.2) is 4.98 Å². The third-order valence-corrected chi connectivity index (χ3v) is 2.44. The molecular formula is C12H18N2O4. The maximum absolute atomic E-state index is 10.7. The first-order chi connectivity index (χ1) is 8.54. The van der Waals surface area contributed by atoms with Crippen LogP contribution in [0, 0.1) is 0 Å². The summed E-state index contributed by atoms with van der Waals surface area (Å²) >= 11 is 0. The molecule has 1 amide bonds. The van der Waals surface area contributed by atoms with Crippen LogP contribution in [0.15, 0.2) is 18.2 Å². The van der Waals surface area contributed by atoms with Crippen LogP contribution in [0.3, 0.4) is 0 Å². The Hall–Kier alpha value is -1.66. The molecule has 0 aliphatic heterocycles. The molecule has 100 valence electrons. The highest BCUT2D eigenvalue weighted by Crippen LogP contribution is 2.19. The van der Waals surface area contributed by atoms with Crippen molar-refractivity contribution in [3.63, 3.8) is 0 Å². The predicted octanol–water partition coefficient (Wildman–Crippen LogP) is 0.0107. The van der Waals surface area contributed by atoms with Crippen LogP contribution in [0.2, 0.25) is 0 Å². The molecule has 0 saturated carbocycles. The molecular weight excluding hydrogens is 236 g/mol. The Morgan fingerprint density at radius 2 is 2.22 bits per heavy atom. The van der Waals surface area contributed by atoms with Crippen LogP contribution in [0.1, 0.15) is 25.1 Å². The minimum absolute atomic E-state index is 0.170. The summed E-state index contributed by atoms with van der Waals surface area (Å²) in [6.45, 7) is 1.70. The van der Waals surface area contributed by atoms with Crippen molar-refractivity contribution >= 4 is 5.91 Å². The molecule has 2 unspecified atom stereocenters. The van der Waals surface area contributed by atoms with Gasteiger partial charge in [0.2, 0.25) is 11.8 Å². The zero-order chi connectivity index (χ0) is 13.5. The van der Waals surface area contributed by atoms with Gasteiger partial charge < -0.3 is 20.3 Å². The molecule has 3 N–H and O–H groups in total. The maximum Gasteiger partial charge on any atom is 0.216 e. The maximum atomic E-state index is 10.7. The summed E-state index contributed by atoms with van der Waals surface area (Å²) in [7, 11) is 1.48. The second kappa shape index (κ2) is 6.93. The van der Waals surface area contributed by atoms with Gasteiger partial charge in [-0.05, 0) is 12.5 Å². The Bertz CT molecular complexity index is 397. The fourth-order valence-corrected chi connectivity index (χ4v) is 1.46. The highest BCUT2D eigenvalue weighted by Gasteiger charge is 2.19. The number of aliphatic hydroxyl groups excluding tert-OH is 2. The van der Waals surface area contributed by atoms with Crippen LogP contribution in [0.25, 0.3) is 0 Å². The monoisotopic (exact) mass is 254 g/mol. The van der Waals surface area contributed by atoms with Crippen molar-refractivity contribution in [2.75, 3.05) is 13.7 Å². The van der Waals surface area contributed by atoms with Gasteiger partial charge in [0.1, 0.15) is 6.10 Å². The van der Waals surface area contributed by atoms with Crippen molar-refractivity contribution in [2.45, 2.75) is 25.6 Å². The number of methoxy groups -OCH3 is 1. The highest BCUT2D eigenvalue weighted by atomic mass is 16.5. The van der Waals surface area contributed by atoms with E-state index >= 15 is 0 Å². The first-order valence-electron chi connectivity index (χ1n) is 5.66. The van der Waals surface area contributed by atoms with E-state index in [1.165, 1.54) is 14.0 Å². The molecule has 0 fully saturated rings. The van der Waals surface area contributed by atoms with Crippen molar-refractivity contribution in [3.8, 4) is 5.88 Å². The molecule has 0 radical (unpaired) electrons. The molecule has 1 rings (SSSR count). The normalized spacial score (nSPS) is 13.8. The van der Waals surface area contributed by atoms with E-state index in [1.54, 1.807) is 18.2 Å². The lowest BCUT2D eigenvalue weighted by Gasteiger charge is -2.17. The van der Waals surface area contributed by atoms with Gasteiger partial charge in [-0.1, -0.05) is 6.07 Å². The van der Waals surface area contributed by atoms with E-state index in [1.807, 2.05) is 0 Å². The quantitative estimate of drug-likeness (QED) is 0.665. The molecule has 6 heteroatoms. The summed E-state index contributed by atoms with van der Waals surface area (Å²) in [5.41, 5.74) is 0.338. The lowest BCUT2D eigenvalue weighted by molar-refractivity contribution is -0.119. The van der Waals surface area contributed by atoms with Crippen LogP contribution >= 0.6 is 0 Å². The van der Waals surface area contributed by atoms with Crippen molar-refractivity contribution in [2.24, 2.45) is 0 Å². The van der Waals surface area contributed by atoms with E-state index in [0.29, 0.717) is 18.1 Å². The number of aromatic nitrogens is 1. The highest BCUT2D eigenvalue weighted by molar-refractivity contribution is 5.72. The van der Waals surface area contributed by atoms with Crippen LogP contribution in [-0.2, 0) is 4.79 Å². The summed E-state index contributed by atoms with van der Waals surface area (Å²) < 4.78 is 4.94. The molecule has 0 spiro atoms. The number of rotatable bonds is 6. The summed E-state index contributed by atoms with van der Waals surface area (Å²) in [5.74, 6) is 0.205. The van der Waals surface area contributed by atoms with Gasteiger partial charge in [0.25, 0.3) is 0 Å². The predicted molar refractivity (Wildman–Crippen MR) is 65.1 cm³/mol. The second-order valence-corrected chi connectivity index (χ2v) is 3.89. The largest absolute Gasteiger partial charge is 0.481 e. The number of aliphatic hydroxyl groups is 2. The number of hydrogen-bond acceptors (Lipinski definition) is 5. The van der Waals surface area contributed by atoms with Crippen molar-refractivity contribution < 1.29 is 19.7 Å². The fourth-order valence-electron chi connectivity index (χ4n) is 1.46. The molecule has 0 bridgehead atoms. The first-order valence-corrected chi connectivity index (χ1v) is 5.66. The van der Waals surface area contributed by atoms with Gasteiger partial charge in [-0.15, -0.1) is 0 Å². The molecule has 1 aromatic rings. The number of amides is 1. The van der Waals surface area contributed by atoms with Crippen LogP contribution in [-0.4, -0.2) is 40.9 Å². The van der Waals surface area contributed by atoms with Gasteiger partial charge in [0, 0.05) is 19.5 Å². The number of carbonyl (C=O) groups is 1. The second-order valence-electron chi connectivity index (χ2n) is 3.89. The number of nitrogens with one attached hydrogen (secondary N) is 1. The number of hydrogen-bond donors (Lipinski definition) is 3. The van der Waals surface area contributed by atoms with Crippen LogP contribution in [0.4, 0.5) is 0 Å². The minimum Gasteiger partial charge on any atom is -0.481 e. The van der Waals surface area contributed by atoms with E-state index in [0.717, 1.165) is 0 Å². The van der Waals surface area contributed by atoms with E-state index < -0.39 is 12.2 Å². The third kappa shape index (κ3) is 4.31. The van der Waals surface area contributed by atoms with Gasteiger partial charge in [0.15, 0.2) is 0 Å². The molecule has 0 saturated heterocycles. The Kier molecular flexibility index (Phi) is 5.54. The van der Waals surface area contributed by atoms with Gasteiger partial charge in [-0.3, -0.25) is 4.79 Å². The summed E-state index contributed by atoms with van der Waals surface area (Å²) in [4.78, 5) is 14.7. The molecule has 2 atom stereocenters. The van der Waals surface area contributed by atoms with Gasteiger partial charge in [-0.2, -0.15) is 0 Å². The summed E-state index contributed by atoms with van der Waals surface area (Å²) in [6, 6.07) is 4.94. The summed E-state index contributed by atoms with van der Waals surface area (Å²) in [5, 5.41) is 22.2. The molecule has 18 heavy (non-hydrogen) atoms. The average Bonchev–Trinajstić information content (AvgIpc) is 2.37. The zero-order valence-electron chi connectivity index (χ0n) is 10.5. The molecule has 0 aromatic carbocycles. The van der Waals surface area contributed by atoms with Gasteiger partial charge in [0.05, 0.1) is 18.9 Å². The average molecular weight is 254 g/mol. The number of nitrogens with zero attached hydrogens (tertiary/aromatic N) is 1. The van der Waals surface area contributed by atoms with Gasteiger partial charge >= 0.3 is 0 Å². The Labute approximate surface area is 106 Å². The molecule has 0 aliphatic carbocycles. The van der Waals surface area contributed by atoms with E-state index in [-0.39, 0.29) is 12.3 Å².